The Balaban J connectivity index is 2.33. The molecule has 5 nitrogen and oxygen atoms in total. The van der Waals surface area contributed by atoms with Gasteiger partial charge < -0.3 is 15.5 Å². The predicted molar refractivity (Wildman–Crippen MR) is 104 cm³/mol. The molecule has 0 fully saturated rings. The number of benzene rings is 1. The minimum Gasteiger partial charge on any atom is -0.394 e. The van der Waals surface area contributed by atoms with Crippen LogP contribution in [0.25, 0.3) is 5.70 Å². The molecule has 1 aliphatic heterocycles. The van der Waals surface area contributed by atoms with Crippen molar-refractivity contribution in [3.8, 4) is 0 Å². The van der Waals surface area contributed by atoms with Gasteiger partial charge in [0.15, 0.2) is 0 Å². The molecule has 1 aromatic carbocycles. The summed E-state index contributed by atoms with van der Waals surface area (Å²) < 4.78 is 29.2. The third kappa shape index (κ3) is 4.73. The fourth-order valence-electron chi connectivity index (χ4n) is 3.01. The van der Waals surface area contributed by atoms with Crippen LogP contribution in [-0.4, -0.2) is 47.3 Å². The second kappa shape index (κ2) is 9.73. The van der Waals surface area contributed by atoms with E-state index in [1.54, 1.807) is 18.2 Å². The average molecular weight is 392 g/mol. The van der Waals surface area contributed by atoms with Crippen LogP contribution in [0.5, 0.6) is 0 Å². The Labute approximate surface area is 163 Å². The van der Waals surface area contributed by atoms with Crippen LogP contribution in [0.15, 0.2) is 53.6 Å². The number of hydrogen-bond donors (Lipinski definition) is 3. The lowest BCUT2D eigenvalue weighted by atomic mass is 10.0. The molecule has 1 aromatic rings. The molecule has 28 heavy (non-hydrogen) atoms. The van der Waals surface area contributed by atoms with Gasteiger partial charge in [0.05, 0.1) is 24.0 Å². The van der Waals surface area contributed by atoms with Crippen LogP contribution in [0.4, 0.5) is 8.78 Å². The summed E-state index contributed by atoms with van der Waals surface area (Å²) in [5.74, 6) is 0. The van der Waals surface area contributed by atoms with Crippen LogP contribution in [0.1, 0.15) is 31.4 Å². The molecule has 1 unspecified atom stereocenters. The first-order valence-corrected chi connectivity index (χ1v) is 9.17. The van der Waals surface area contributed by atoms with Crippen LogP contribution in [0.2, 0.25) is 0 Å². The van der Waals surface area contributed by atoms with E-state index in [0.29, 0.717) is 23.4 Å². The summed E-state index contributed by atoms with van der Waals surface area (Å²) in [4.78, 5) is 11.9. The standard InChI is InChI=1S/C21H26F2N2O3/c1-3-6-16(15(2)9-10-24-12-17(28)13-26)11-20-18-7-4-5-8-19(18)21(22,23)25(20)14-27/h4-9,11,14,17,24,26,28H,3,10,12-13H2,1-2H3/b15-9-,16-6-,20-11-. The number of nitrogens with one attached hydrogen (secondary N) is 1. The summed E-state index contributed by atoms with van der Waals surface area (Å²) in [5.41, 5.74) is 1.89. The number of aliphatic hydroxyl groups excluding tert-OH is 2. The average Bonchev–Trinajstić information content (AvgIpc) is 2.90. The SMILES string of the molecule is CC/C=C(/C=C1/c2ccccc2C(F)(F)N1C=O)C(\C)=C/CNCC(O)CO. The highest BCUT2D eigenvalue weighted by Gasteiger charge is 2.49. The highest BCUT2D eigenvalue weighted by atomic mass is 19.3. The molecule has 7 heteroatoms. The Morgan fingerprint density at radius 1 is 1.32 bits per heavy atom. The number of carbonyl (C=O) groups is 1. The van der Waals surface area contributed by atoms with Gasteiger partial charge in [-0.2, -0.15) is 8.78 Å². The third-order valence-corrected chi connectivity index (χ3v) is 4.51. The van der Waals surface area contributed by atoms with E-state index in [2.05, 4.69) is 5.32 Å². The fraction of sp³-hybridized carbons (Fsp3) is 0.381. The molecule has 1 aliphatic rings. The zero-order valence-corrected chi connectivity index (χ0v) is 16.0. The van der Waals surface area contributed by atoms with Gasteiger partial charge in [-0.1, -0.05) is 43.3 Å². The maximum absolute atomic E-state index is 14.6. The Morgan fingerprint density at radius 2 is 2.04 bits per heavy atom. The first-order chi connectivity index (χ1) is 13.4. The lowest BCUT2D eigenvalue weighted by Crippen LogP contribution is -2.31. The van der Waals surface area contributed by atoms with Crippen LogP contribution in [0.3, 0.4) is 0 Å². The molecule has 0 radical (unpaired) electrons. The Kier molecular flexibility index (Phi) is 7.62. The van der Waals surface area contributed by atoms with Crippen molar-refractivity contribution in [2.75, 3.05) is 19.7 Å². The number of aliphatic hydroxyl groups is 2. The molecular formula is C21H26F2N2O3. The quantitative estimate of drug-likeness (QED) is 0.262. The minimum absolute atomic E-state index is 0.159. The van der Waals surface area contributed by atoms with E-state index in [1.807, 2.05) is 26.0 Å². The Hall–Kier alpha value is -2.35. The number of halogens is 2. The number of allylic oxidation sites excluding steroid dienone is 4. The van der Waals surface area contributed by atoms with E-state index in [-0.39, 0.29) is 30.8 Å². The number of carbonyl (C=O) groups excluding carboxylic acids is 1. The van der Waals surface area contributed by atoms with Gasteiger partial charge in [-0.3, -0.25) is 4.79 Å². The molecule has 0 spiro atoms. The molecule has 0 aromatic heterocycles. The van der Waals surface area contributed by atoms with E-state index < -0.39 is 12.2 Å². The van der Waals surface area contributed by atoms with Crippen molar-refractivity contribution >= 4 is 12.1 Å². The Bertz CT molecular complexity index is 788. The number of rotatable bonds is 9. The van der Waals surface area contributed by atoms with E-state index in [0.717, 1.165) is 11.1 Å². The van der Waals surface area contributed by atoms with Gasteiger partial charge >= 0.3 is 6.05 Å². The second-order valence-electron chi connectivity index (χ2n) is 6.54. The second-order valence-corrected chi connectivity index (χ2v) is 6.54. The lowest BCUT2D eigenvalue weighted by Gasteiger charge is -2.21. The zero-order valence-electron chi connectivity index (χ0n) is 16.0. The summed E-state index contributed by atoms with van der Waals surface area (Å²) in [5, 5.41) is 21.1. The molecule has 1 heterocycles. The van der Waals surface area contributed by atoms with Crippen LogP contribution < -0.4 is 5.32 Å². The Morgan fingerprint density at radius 3 is 2.68 bits per heavy atom. The van der Waals surface area contributed by atoms with E-state index in [1.165, 1.54) is 12.1 Å². The highest BCUT2D eigenvalue weighted by Crippen LogP contribution is 2.47. The largest absolute Gasteiger partial charge is 0.394 e. The first kappa shape index (κ1) is 21.9. The van der Waals surface area contributed by atoms with E-state index in [9.17, 15) is 18.7 Å². The molecule has 1 atom stereocenters. The monoisotopic (exact) mass is 392 g/mol. The maximum Gasteiger partial charge on any atom is 0.359 e. The minimum atomic E-state index is -3.39. The topological polar surface area (TPSA) is 72.8 Å². The molecule has 0 aliphatic carbocycles. The van der Waals surface area contributed by atoms with Gasteiger partial charge in [-0.15, -0.1) is 0 Å². The normalized spacial score (nSPS) is 19.1. The zero-order chi connectivity index (χ0) is 20.7. The summed E-state index contributed by atoms with van der Waals surface area (Å²) >= 11 is 0. The van der Waals surface area contributed by atoms with Crippen LogP contribution >= 0.6 is 0 Å². The predicted octanol–water partition coefficient (Wildman–Crippen LogP) is 2.77. The van der Waals surface area contributed by atoms with Crippen molar-refractivity contribution in [1.82, 2.24) is 10.2 Å². The number of hydrogen-bond acceptors (Lipinski definition) is 4. The molecule has 152 valence electrons. The van der Waals surface area contributed by atoms with Gasteiger partial charge in [0.2, 0.25) is 6.41 Å². The summed E-state index contributed by atoms with van der Waals surface area (Å²) in [6.07, 6.45) is 5.40. The number of amides is 1. The van der Waals surface area contributed by atoms with Gasteiger partial charge in [0, 0.05) is 18.7 Å². The van der Waals surface area contributed by atoms with Crippen LogP contribution in [0, 0.1) is 0 Å². The van der Waals surface area contributed by atoms with Crippen molar-refractivity contribution in [1.29, 1.82) is 0 Å². The fourth-order valence-corrected chi connectivity index (χ4v) is 3.01. The molecule has 1 amide bonds. The maximum atomic E-state index is 14.6. The summed E-state index contributed by atoms with van der Waals surface area (Å²) in [7, 11) is 0. The lowest BCUT2D eigenvalue weighted by molar-refractivity contribution is -0.146. The number of fused-ring (bicyclic) bond motifs is 1. The van der Waals surface area contributed by atoms with Crippen LogP contribution in [-0.2, 0) is 10.8 Å². The molecule has 0 saturated heterocycles. The molecular weight excluding hydrogens is 366 g/mol. The smallest absolute Gasteiger partial charge is 0.359 e. The van der Waals surface area contributed by atoms with Gasteiger partial charge in [0.25, 0.3) is 0 Å². The van der Waals surface area contributed by atoms with E-state index in [4.69, 9.17) is 5.11 Å². The molecule has 0 bridgehead atoms. The van der Waals surface area contributed by atoms with Crippen molar-refractivity contribution < 1.29 is 23.8 Å². The molecule has 3 N–H and O–H groups in total. The highest BCUT2D eigenvalue weighted by molar-refractivity contribution is 5.83. The van der Waals surface area contributed by atoms with Gasteiger partial charge in [-0.25, -0.2) is 4.90 Å². The summed E-state index contributed by atoms with van der Waals surface area (Å²) in [6.45, 7) is 4.16. The van der Waals surface area contributed by atoms with E-state index >= 15 is 0 Å². The molecule has 0 saturated carbocycles. The van der Waals surface area contributed by atoms with Crippen molar-refractivity contribution in [2.24, 2.45) is 0 Å². The third-order valence-electron chi connectivity index (χ3n) is 4.51. The molecule has 2 rings (SSSR count). The van der Waals surface area contributed by atoms with Gasteiger partial charge in [0.1, 0.15) is 0 Å². The van der Waals surface area contributed by atoms with Crippen molar-refractivity contribution in [3.63, 3.8) is 0 Å². The van der Waals surface area contributed by atoms with Crippen molar-refractivity contribution in [3.05, 3.63) is 64.8 Å². The van der Waals surface area contributed by atoms with Crippen molar-refractivity contribution in [2.45, 2.75) is 32.4 Å². The first-order valence-electron chi connectivity index (χ1n) is 9.17. The number of nitrogens with zero attached hydrogens (tertiary/aromatic N) is 1. The van der Waals surface area contributed by atoms with Gasteiger partial charge in [-0.05, 0) is 30.6 Å². The number of alkyl halides is 2. The summed E-state index contributed by atoms with van der Waals surface area (Å²) in [6, 6.07) is 2.72.